The largest absolute Gasteiger partial charge is 0.360 e. The number of carbonyl (C=O) groups is 1. The normalized spacial score (nSPS) is 12.6. The number of nitrogens with one attached hydrogen (secondary N) is 1. The second-order valence-electron chi connectivity index (χ2n) is 10.2. The molecule has 0 aliphatic rings. The lowest BCUT2D eigenvalue weighted by Crippen LogP contribution is -2.17. The zero-order chi connectivity index (χ0) is 24.6. The zero-order valence-corrected chi connectivity index (χ0v) is 19.8. The van der Waals surface area contributed by atoms with Crippen molar-refractivity contribution in [3.63, 3.8) is 0 Å². The van der Waals surface area contributed by atoms with Crippen LogP contribution in [0, 0.1) is 21.4 Å². The van der Waals surface area contributed by atoms with E-state index in [2.05, 4.69) is 69.7 Å². The first-order chi connectivity index (χ1) is 15.3. The van der Waals surface area contributed by atoms with Crippen LogP contribution in [0.1, 0.15) is 68.6 Å². The monoisotopic (exact) mass is 444 g/mol. The fraction of sp³-hybridized carbons (Fsp3) is 0.346. The zero-order valence-electron chi connectivity index (χ0n) is 19.8. The first kappa shape index (κ1) is 23.9. The van der Waals surface area contributed by atoms with Crippen LogP contribution in [-0.2, 0) is 17.4 Å². The van der Waals surface area contributed by atoms with Gasteiger partial charge in [0.25, 0.3) is 5.69 Å². The third-order valence-electron chi connectivity index (χ3n) is 5.59. The number of fused-ring (bicyclic) bond motifs is 1. The number of H-pyrrole nitrogens is 1. The molecule has 0 saturated carbocycles. The fourth-order valence-electron chi connectivity index (χ4n) is 3.52. The molecule has 1 N–H and O–H groups in total. The van der Waals surface area contributed by atoms with Crippen molar-refractivity contribution in [3.05, 3.63) is 75.0 Å². The molecule has 0 atom stereocenters. The predicted octanol–water partition coefficient (Wildman–Crippen LogP) is 6.02. The van der Waals surface area contributed by atoms with E-state index >= 15 is 0 Å². The summed E-state index contributed by atoms with van der Waals surface area (Å²) < 4.78 is 0. The molecule has 0 saturated heterocycles. The molecule has 3 rings (SSSR count). The number of nitro groups is 1. The van der Waals surface area contributed by atoms with Crippen molar-refractivity contribution in [2.24, 2.45) is 4.99 Å². The summed E-state index contributed by atoms with van der Waals surface area (Å²) in [7, 11) is 0. The van der Waals surface area contributed by atoms with Crippen molar-refractivity contribution in [2.75, 3.05) is 0 Å². The van der Waals surface area contributed by atoms with E-state index in [4.69, 9.17) is 0 Å². The van der Waals surface area contributed by atoms with Gasteiger partial charge in [-0.2, -0.15) is 5.26 Å². The van der Waals surface area contributed by atoms with Gasteiger partial charge < -0.3 is 4.98 Å². The van der Waals surface area contributed by atoms with Gasteiger partial charge in [-0.1, -0.05) is 59.7 Å². The van der Waals surface area contributed by atoms with Gasteiger partial charge in [-0.3, -0.25) is 19.9 Å². The van der Waals surface area contributed by atoms with Gasteiger partial charge in [0.15, 0.2) is 5.71 Å². The maximum Gasteiger partial charge on any atom is 0.270 e. The molecule has 0 unspecified atom stereocenters. The molecule has 0 amide bonds. The van der Waals surface area contributed by atoms with Gasteiger partial charge in [-0.05, 0) is 33.6 Å². The molecule has 7 heteroatoms. The summed E-state index contributed by atoms with van der Waals surface area (Å²) in [5.41, 5.74) is 3.52. The van der Waals surface area contributed by atoms with Gasteiger partial charge in [-0.25, -0.2) is 0 Å². The first-order valence-electron chi connectivity index (χ1n) is 10.7. The van der Waals surface area contributed by atoms with Crippen LogP contribution in [0.25, 0.3) is 10.9 Å². The quantitative estimate of drug-likeness (QED) is 0.224. The molecule has 170 valence electrons. The van der Waals surface area contributed by atoms with Crippen molar-refractivity contribution < 1.29 is 9.72 Å². The van der Waals surface area contributed by atoms with Crippen molar-refractivity contribution in [1.82, 2.24) is 4.98 Å². The topological polar surface area (TPSA) is 112 Å². The number of nitrogens with zero attached hydrogens (tertiary/aromatic N) is 3. The molecular formula is C26H28N4O3. The number of rotatable bonds is 5. The molecule has 7 nitrogen and oxygen atoms in total. The molecule has 3 aromatic rings. The smallest absolute Gasteiger partial charge is 0.270 e. The number of ketones is 1. The minimum absolute atomic E-state index is 0.0631. The minimum atomic E-state index is -0.563. The van der Waals surface area contributed by atoms with Crippen molar-refractivity contribution >= 4 is 28.1 Å². The number of aromatic amines is 1. The number of nitriles is 1. The Kier molecular flexibility index (Phi) is 6.24. The number of Topliss-reactive ketones (excluding diaryl/α,β-unsaturated/α-hetero) is 1. The second kappa shape index (κ2) is 8.62. The molecule has 1 aromatic heterocycles. The molecule has 0 bridgehead atoms. The second-order valence-corrected chi connectivity index (χ2v) is 10.2. The van der Waals surface area contributed by atoms with Gasteiger partial charge in [0, 0.05) is 29.2 Å². The summed E-state index contributed by atoms with van der Waals surface area (Å²) in [6.45, 7) is 13.0. The molecule has 0 radical (unpaired) electrons. The van der Waals surface area contributed by atoms with Gasteiger partial charge >= 0.3 is 0 Å². The highest BCUT2D eigenvalue weighted by Gasteiger charge is 2.22. The van der Waals surface area contributed by atoms with Crippen molar-refractivity contribution in [1.29, 1.82) is 5.26 Å². The van der Waals surface area contributed by atoms with E-state index in [1.165, 1.54) is 18.3 Å². The number of non-ortho nitro benzene ring substituents is 1. The summed E-state index contributed by atoms with van der Waals surface area (Å²) >= 11 is 0. The molecule has 2 aromatic carbocycles. The standard InChI is InChI=1S/C26H28N4O3/c1-25(2,3)17-9-16(10-18(11-17)26(4,5)6)14-28-23(13-27)24(31)21-15-29-22-8-7-19(30(32)33)12-20(21)22/h7-12,15,29H,14H2,1-6H3. The average Bonchev–Trinajstić information content (AvgIpc) is 3.15. The number of hydrogen-bond donors (Lipinski definition) is 1. The van der Waals surface area contributed by atoms with E-state index in [0.29, 0.717) is 10.9 Å². The predicted molar refractivity (Wildman–Crippen MR) is 130 cm³/mol. The Morgan fingerprint density at radius 3 is 2.18 bits per heavy atom. The number of aliphatic imine (C=N–C) groups is 1. The van der Waals surface area contributed by atoms with Gasteiger partial charge in [-0.15, -0.1) is 0 Å². The van der Waals surface area contributed by atoms with Crippen LogP contribution in [0.2, 0.25) is 0 Å². The molecule has 1 heterocycles. The maximum atomic E-state index is 13.1. The number of benzene rings is 2. The van der Waals surface area contributed by atoms with E-state index in [0.717, 1.165) is 16.7 Å². The van der Waals surface area contributed by atoms with Crippen LogP contribution in [0.4, 0.5) is 5.69 Å². The molecule has 33 heavy (non-hydrogen) atoms. The van der Waals surface area contributed by atoms with E-state index in [-0.39, 0.29) is 34.3 Å². The van der Waals surface area contributed by atoms with Crippen LogP contribution in [0.5, 0.6) is 0 Å². The minimum Gasteiger partial charge on any atom is -0.360 e. The lowest BCUT2D eigenvalue weighted by Gasteiger charge is -2.26. The summed E-state index contributed by atoms with van der Waals surface area (Å²) in [5, 5.41) is 21.2. The van der Waals surface area contributed by atoms with Gasteiger partial charge in [0.2, 0.25) is 5.78 Å². The van der Waals surface area contributed by atoms with Crippen LogP contribution in [0.3, 0.4) is 0 Å². The lowest BCUT2D eigenvalue weighted by molar-refractivity contribution is -0.384. The number of nitro benzene ring substituents is 1. The summed E-state index contributed by atoms with van der Waals surface area (Å²) in [4.78, 5) is 30.9. The van der Waals surface area contributed by atoms with Gasteiger partial charge in [0.1, 0.15) is 6.07 Å². The molecular weight excluding hydrogens is 416 g/mol. The third kappa shape index (κ3) is 5.17. The SMILES string of the molecule is CC(C)(C)c1cc(CN=C(C#N)C(=O)c2c[nH]c3ccc([N+](=O)[O-])cc23)cc(C(C)(C)C)c1. The maximum absolute atomic E-state index is 13.1. The van der Waals surface area contributed by atoms with E-state index < -0.39 is 10.7 Å². The van der Waals surface area contributed by atoms with E-state index in [1.807, 2.05) is 6.07 Å². The summed E-state index contributed by atoms with van der Waals surface area (Å²) in [6, 6.07) is 12.5. The molecule has 0 fully saturated rings. The molecule has 0 aliphatic carbocycles. The Hall–Kier alpha value is -3.79. The Morgan fingerprint density at radius 1 is 1.06 bits per heavy atom. The lowest BCUT2D eigenvalue weighted by atomic mass is 9.79. The number of aromatic nitrogens is 1. The third-order valence-corrected chi connectivity index (χ3v) is 5.59. The fourth-order valence-corrected chi connectivity index (χ4v) is 3.52. The Morgan fingerprint density at radius 2 is 1.67 bits per heavy atom. The highest BCUT2D eigenvalue weighted by molar-refractivity contribution is 6.52. The molecule has 0 aliphatic heterocycles. The van der Waals surface area contributed by atoms with E-state index in [9.17, 15) is 20.2 Å². The van der Waals surface area contributed by atoms with Crippen LogP contribution < -0.4 is 0 Å². The number of carbonyl (C=O) groups excluding carboxylic acids is 1. The Balaban J connectivity index is 1.99. The first-order valence-corrected chi connectivity index (χ1v) is 10.7. The van der Waals surface area contributed by atoms with Crippen LogP contribution in [-0.4, -0.2) is 21.4 Å². The van der Waals surface area contributed by atoms with Gasteiger partial charge in [0.05, 0.1) is 17.0 Å². The molecule has 0 spiro atoms. The average molecular weight is 445 g/mol. The van der Waals surface area contributed by atoms with Crippen LogP contribution >= 0.6 is 0 Å². The van der Waals surface area contributed by atoms with Crippen molar-refractivity contribution in [2.45, 2.75) is 58.9 Å². The Labute approximate surface area is 193 Å². The van der Waals surface area contributed by atoms with Crippen molar-refractivity contribution in [3.8, 4) is 6.07 Å². The highest BCUT2D eigenvalue weighted by atomic mass is 16.6. The van der Waals surface area contributed by atoms with Crippen LogP contribution in [0.15, 0.2) is 47.6 Å². The summed E-state index contributed by atoms with van der Waals surface area (Å²) in [5.74, 6) is -0.563. The van der Waals surface area contributed by atoms with E-state index in [1.54, 1.807) is 6.07 Å². The number of hydrogen-bond acceptors (Lipinski definition) is 5. The highest BCUT2D eigenvalue weighted by Crippen LogP contribution is 2.31. The Bertz CT molecular complexity index is 1280. The summed E-state index contributed by atoms with van der Waals surface area (Å²) in [6.07, 6.45) is 1.46.